The summed E-state index contributed by atoms with van der Waals surface area (Å²) in [5, 5.41) is 3.33. The van der Waals surface area contributed by atoms with Crippen LogP contribution in [0.4, 0.5) is 5.82 Å². The van der Waals surface area contributed by atoms with Crippen LogP contribution in [0.15, 0.2) is 18.3 Å². The molecule has 4 heteroatoms. The van der Waals surface area contributed by atoms with Crippen LogP contribution in [-0.2, 0) is 11.3 Å². The second kappa shape index (κ2) is 8.22. The van der Waals surface area contributed by atoms with Gasteiger partial charge in [-0.25, -0.2) is 4.98 Å². The molecule has 0 aromatic carbocycles. The first-order valence-corrected chi connectivity index (χ1v) is 7.65. The molecular formula is C16H27N3O. The van der Waals surface area contributed by atoms with E-state index in [0.29, 0.717) is 0 Å². The lowest BCUT2D eigenvalue weighted by Gasteiger charge is -2.22. The number of methoxy groups -OCH3 is 1. The minimum Gasteiger partial charge on any atom is -0.383 e. The molecule has 1 aromatic rings. The van der Waals surface area contributed by atoms with Crippen LogP contribution in [0.2, 0.25) is 0 Å². The number of anilines is 1. The van der Waals surface area contributed by atoms with E-state index in [4.69, 9.17) is 4.74 Å². The third kappa shape index (κ3) is 4.76. The molecule has 1 fully saturated rings. The summed E-state index contributed by atoms with van der Waals surface area (Å²) in [5.74, 6) is 1.94. The van der Waals surface area contributed by atoms with Crippen molar-refractivity contribution >= 4 is 5.82 Å². The predicted octanol–water partition coefficient (Wildman–Crippen LogP) is 2.44. The number of rotatable bonds is 8. The Morgan fingerprint density at radius 3 is 2.80 bits per heavy atom. The van der Waals surface area contributed by atoms with Gasteiger partial charge in [0.1, 0.15) is 5.82 Å². The summed E-state index contributed by atoms with van der Waals surface area (Å²) in [7, 11) is 3.87. The minimum atomic E-state index is 0.746. The van der Waals surface area contributed by atoms with Crippen molar-refractivity contribution in [1.29, 1.82) is 0 Å². The van der Waals surface area contributed by atoms with Crippen molar-refractivity contribution in [2.45, 2.75) is 32.2 Å². The lowest BCUT2D eigenvalue weighted by atomic mass is 10.1. The predicted molar refractivity (Wildman–Crippen MR) is 83.0 cm³/mol. The number of pyridine rings is 1. The summed E-state index contributed by atoms with van der Waals surface area (Å²) >= 11 is 0. The quantitative estimate of drug-likeness (QED) is 0.741. The molecule has 0 aliphatic heterocycles. The number of aromatic nitrogens is 1. The van der Waals surface area contributed by atoms with E-state index in [1.165, 1.54) is 31.2 Å². The molecule has 1 saturated carbocycles. The molecule has 0 bridgehead atoms. The number of hydrogen-bond acceptors (Lipinski definition) is 4. The lowest BCUT2D eigenvalue weighted by Crippen LogP contribution is -2.25. The van der Waals surface area contributed by atoms with Gasteiger partial charge in [-0.3, -0.25) is 0 Å². The van der Waals surface area contributed by atoms with Gasteiger partial charge < -0.3 is 15.0 Å². The number of ether oxygens (including phenoxy) is 1. The maximum absolute atomic E-state index is 5.01. The second-order valence-electron chi connectivity index (χ2n) is 5.73. The minimum absolute atomic E-state index is 0.746. The Bertz CT molecular complexity index is 374. The second-order valence-corrected chi connectivity index (χ2v) is 5.73. The molecule has 1 heterocycles. The first-order chi connectivity index (χ1) is 9.79. The van der Waals surface area contributed by atoms with Gasteiger partial charge in [0, 0.05) is 40.0 Å². The van der Waals surface area contributed by atoms with Gasteiger partial charge in [-0.05, 0) is 30.4 Å². The molecule has 0 atom stereocenters. The SMILES string of the molecule is COCCNCc1ccc(N(C)CC2CCCC2)nc1. The number of hydrogen-bond donors (Lipinski definition) is 1. The van der Waals surface area contributed by atoms with Gasteiger partial charge in [0.05, 0.1) is 6.61 Å². The molecule has 1 N–H and O–H groups in total. The molecule has 2 rings (SSSR count). The monoisotopic (exact) mass is 277 g/mol. The summed E-state index contributed by atoms with van der Waals surface area (Å²) in [5.41, 5.74) is 1.22. The molecule has 0 spiro atoms. The summed E-state index contributed by atoms with van der Waals surface area (Å²) in [6, 6.07) is 4.29. The fourth-order valence-corrected chi connectivity index (χ4v) is 2.83. The van der Waals surface area contributed by atoms with Crippen LogP contribution in [-0.4, -0.2) is 38.8 Å². The van der Waals surface area contributed by atoms with Gasteiger partial charge in [0.25, 0.3) is 0 Å². The Labute approximate surface area is 122 Å². The van der Waals surface area contributed by atoms with E-state index in [1.807, 2.05) is 6.20 Å². The molecule has 112 valence electrons. The fraction of sp³-hybridized carbons (Fsp3) is 0.688. The van der Waals surface area contributed by atoms with Crippen LogP contribution in [0.3, 0.4) is 0 Å². The van der Waals surface area contributed by atoms with E-state index >= 15 is 0 Å². The van der Waals surface area contributed by atoms with Crippen molar-refractivity contribution < 1.29 is 4.74 Å². The third-order valence-electron chi connectivity index (χ3n) is 4.02. The van der Waals surface area contributed by atoms with E-state index in [9.17, 15) is 0 Å². The Hall–Kier alpha value is -1.13. The highest BCUT2D eigenvalue weighted by Gasteiger charge is 2.17. The van der Waals surface area contributed by atoms with E-state index in [0.717, 1.165) is 38.0 Å². The van der Waals surface area contributed by atoms with Crippen molar-refractivity contribution in [3.63, 3.8) is 0 Å². The van der Waals surface area contributed by atoms with Gasteiger partial charge in [-0.2, -0.15) is 0 Å². The Kier molecular flexibility index (Phi) is 6.27. The van der Waals surface area contributed by atoms with Crippen molar-refractivity contribution in [1.82, 2.24) is 10.3 Å². The molecular weight excluding hydrogens is 250 g/mol. The zero-order valence-corrected chi connectivity index (χ0v) is 12.8. The normalized spacial score (nSPS) is 15.7. The van der Waals surface area contributed by atoms with Crippen LogP contribution < -0.4 is 10.2 Å². The molecule has 1 aliphatic rings. The van der Waals surface area contributed by atoms with Crippen LogP contribution in [0, 0.1) is 5.92 Å². The maximum Gasteiger partial charge on any atom is 0.128 e. The van der Waals surface area contributed by atoms with Gasteiger partial charge in [-0.1, -0.05) is 18.9 Å². The van der Waals surface area contributed by atoms with Crippen molar-refractivity contribution in [3.8, 4) is 0 Å². The first kappa shape index (κ1) is 15.3. The van der Waals surface area contributed by atoms with E-state index in [1.54, 1.807) is 7.11 Å². The van der Waals surface area contributed by atoms with Gasteiger partial charge in [-0.15, -0.1) is 0 Å². The zero-order chi connectivity index (χ0) is 14.2. The molecule has 0 unspecified atom stereocenters. The number of nitrogens with one attached hydrogen (secondary N) is 1. The molecule has 1 aliphatic carbocycles. The average Bonchev–Trinajstić information content (AvgIpc) is 2.97. The van der Waals surface area contributed by atoms with Crippen molar-refractivity contribution in [3.05, 3.63) is 23.9 Å². The summed E-state index contributed by atoms with van der Waals surface area (Å²) in [4.78, 5) is 6.86. The van der Waals surface area contributed by atoms with E-state index in [-0.39, 0.29) is 0 Å². The first-order valence-electron chi connectivity index (χ1n) is 7.65. The highest BCUT2D eigenvalue weighted by molar-refractivity contribution is 5.38. The van der Waals surface area contributed by atoms with Gasteiger partial charge >= 0.3 is 0 Å². The smallest absolute Gasteiger partial charge is 0.128 e. The van der Waals surface area contributed by atoms with Crippen molar-refractivity contribution in [2.24, 2.45) is 5.92 Å². The summed E-state index contributed by atoms with van der Waals surface area (Å²) in [6.45, 7) is 3.61. The molecule has 0 radical (unpaired) electrons. The molecule has 1 aromatic heterocycles. The third-order valence-corrected chi connectivity index (χ3v) is 4.02. The van der Waals surface area contributed by atoms with E-state index in [2.05, 4.69) is 34.4 Å². The number of nitrogens with zero attached hydrogens (tertiary/aromatic N) is 2. The molecule has 20 heavy (non-hydrogen) atoms. The largest absolute Gasteiger partial charge is 0.383 e. The zero-order valence-electron chi connectivity index (χ0n) is 12.8. The fourth-order valence-electron chi connectivity index (χ4n) is 2.83. The molecule has 0 amide bonds. The molecule has 4 nitrogen and oxygen atoms in total. The Balaban J connectivity index is 1.77. The van der Waals surface area contributed by atoms with Crippen LogP contribution in [0.1, 0.15) is 31.2 Å². The van der Waals surface area contributed by atoms with Crippen LogP contribution >= 0.6 is 0 Å². The van der Waals surface area contributed by atoms with Crippen molar-refractivity contribution in [2.75, 3.05) is 38.8 Å². The van der Waals surface area contributed by atoms with Gasteiger partial charge in [0.15, 0.2) is 0 Å². The highest BCUT2D eigenvalue weighted by Crippen LogP contribution is 2.26. The molecule has 0 saturated heterocycles. The Morgan fingerprint density at radius 2 is 2.15 bits per heavy atom. The summed E-state index contributed by atoms with van der Waals surface area (Å²) in [6.07, 6.45) is 7.54. The van der Waals surface area contributed by atoms with Crippen LogP contribution in [0.25, 0.3) is 0 Å². The Morgan fingerprint density at radius 1 is 1.35 bits per heavy atom. The summed E-state index contributed by atoms with van der Waals surface area (Å²) < 4.78 is 5.01. The average molecular weight is 277 g/mol. The standard InChI is InChI=1S/C16H27N3O/c1-19(13-14-5-3-4-6-14)16-8-7-15(12-18-16)11-17-9-10-20-2/h7-8,12,14,17H,3-6,9-11,13H2,1-2H3. The van der Waals surface area contributed by atoms with E-state index < -0.39 is 0 Å². The highest BCUT2D eigenvalue weighted by atomic mass is 16.5. The maximum atomic E-state index is 5.01. The van der Waals surface area contributed by atoms with Crippen LogP contribution in [0.5, 0.6) is 0 Å². The lowest BCUT2D eigenvalue weighted by molar-refractivity contribution is 0.199. The topological polar surface area (TPSA) is 37.4 Å². The van der Waals surface area contributed by atoms with Gasteiger partial charge in [0.2, 0.25) is 0 Å².